The minimum atomic E-state index is -0.363. The number of rotatable bonds is 6. The number of halogens is 2. The Hall–Kier alpha value is -3.41. The van der Waals surface area contributed by atoms with Crippen LogP contribution in [0.15, 0.2) is 73.1 Å². The lowest BCUT2D eigenvalue weighted by atomic mass is 9.95. The van der Waals surface area contributed by atoms with Crippen molar-refractivity contribution in [3.8, 4) is 34.0 Å². The summed E-state index contributed by atoms with van der Waals surface area (Å²) in [5.41, 5.74) is 2.86. The predicted octanol–water partition coefficient (Wildman–Crippen LogP) is 6.37. The van der Waals surface area contributed by atoms with Gasteiger partial charge in [-0.3, -0.25) is 14.8 Å². The maximum atomic E-state index is 13.8. The van der Waals surface area contributed by atoms with Crippen LogP contribution in [0.5, 0.6) is 11.5 Å². The second kappa shape index (κ2) is 9.39. The van der Waals surface area contributed by atoms with Crippen LogP contribution in [0, 0.1) is 0 Å². The molecule has 4 rings (SSSR count). The summed E-state index contributed by atoms with van der Waals surface area (Å²) >= 11 is 13.0. The van der Waals surface area contributed by atoms with Gasteiger partial charge in [-0.25, -0.2) is 0 Å². The number of aromatic nitrogens is 2. The molecule has 0 saturated carbocycles. The molecule has 32 heavy (non-hydrogen) atoms. The van der Waals surface area contributed by atoms with Crippen LogP contribution in [0.4, 0.5) is 0 Å². The molecule has 7 heteroatoms. The lowest BCUT2D eigenvalue weighted by Gasteiger charge is -2.14. The van der Waals surface area contributed by atoms with E-state index < -0.39 is 0 Å². The number of nitrogens with zero attached hydrogens (tertiary/aromatic N) is 2. The number of benzene rings is 2. The average molecular weight is 465 g/mol. The lowest BCUT2D eigenvalue weighted by molar-refractivity contribution is 0.103. The Balaban J connectivity index is 1.87. The molecule has 0 aliphatic carbocycles. The number of ketones is 1. The highest BCUT2D eigenvalue weighted by Gasteiger charge is 2.25. The molecule has 2 aromatic heterocycles. The van der Waals surface area contributed by atoms with Crippen molar-refractivity contribution in [3.05, 3.63) is 94.2 Å². The van der Waals surface area contributed by atoms with Crippen LogP contribution >= 0.6 is 23.2 Å². The fourth-order valence-electron chi connectivity index (χ4n) is 3.37. The van der Waals surface area contributed by atoms with Gasteiger partial charge < -0.3 is 9.47 Å². The minimum Gasteiger partial charge on any atom is -0.497 e. The van der Waals surface area contributed by atoms with Gasteiger partial charge in [-0.15, -0.1) is 0 Å². The Morgan fingerprint density at radius 2 is 1.03 bits per heavy atom. The van der Waals surface area contributed by atoms with E-state index in [4.69, 9.17) is 32.7 Å². The monoisotopic (exact) mass is 464 g/mol. The highest BCUT2D eigenvalue weighted by molar-refractivity contribution is 6.39. The summed E-state index contributed by atoms with van der Waals surface area (Å²) in [6.07, 6.45) is 3.13. The smallest absolute Gasteiger partial charge is 0.200 e. The van der Waals surface area contributed by atoms with Gasteiger partial charge in [-0.1, -0.05) is 23.2 Å². The molecule has 0 aliphatic heterocycles. The number of hydrogen-bond donors (Lipinski definition) is 0. The molecule has 0 atom stereocenters. The van der Waals surface area contributed by atoms with E-state index in [1.165, 1.54) is 0 Å². The van der Waals surface area contributed by atoms with Crippen molar-refractivity contribution in [3.63, 3.8) is 0 Å². The molecule has 0 unspecified atom stereocenters. The van der Waals surface area contributed by atoms with Gasteiger partial charge in [0.25, 0.3) is 0 Å². The highest BCUT2D eigenvalue weighted by Crippen LogP contribution is 2.35. The summed E-state index contributed by atoms with van der Waals surface area (Å²) in [4.78, 5) is 22.7. The second-order valence-electron chi connectivity index (χ2n) is 6.82. The highest BCUT2D eigenvalue weighted by atomic mass is 35.5. The van der Waals surface area contributed by atoms with E-state index in [2.05, 4.69) is 9.97 Å². The van der Waals surface area contributed by atoms with E-state index >= 15 is 0 Å². The quantitative estimate of drug-likeness (QED) is 0.310. The van der Waals surface area contributed by atoms with Crippen LogP contribution in [0.1, 0.15) is 15.9 Å². The second-order valence-corrected chi connectivity index (χ2v) is 7.63. The third kappa shape index (κ3) is 4.17. The summed E-state index contributed by atoms with van der Waals surface area (Å²) in [5.74, 6) is 1.03. The van der Waals surface area contributed by atoms with Crippen LogP contribution in [0.25, 0.3) is 22.5 Å². The molecule has 0 fully saturated rings. The SMILES string of the molecule is COc1ccc(-c2nccc(Cl)c2C(=O)c2c(Cl)ccnc2-c2ccc(OC)cc2)cc1. The molecule has 4 aromatic rings. The van der Waals surface area contributed by atoms with Crippen LogP contribution in [-0.2, 0) is 0 Å². The number of carbonyl (C=O) groups excluding carboxylic acids is 1. The molecule has 0 N–H and O–H groups in total. The normalized spacial score (nSPS) is 10.6. The molecule has 0 bridgehead atoms. The van der Waals surface area contributed by atoms with Crippen LogP contribution in [-0.4, -0.2) is 30.0 Å². The third-order valence-electron chi connectivity index (χ3n) is 4.98. The predicted molar refractivity (Wildman–Crippen MR) is 126 cm³/mol. The fraction of sp³-hybridized carbons (Fsp3) is 0.0800. The van der Waals surface area contributed by atoms with Crippen molar-refractivity contribution in [2.75, 3.05) is 14.2 Å². The van der Waals surface area contributed by atoms with Crippen molar-refractivity contribution >= 4 is 29.0 Å². The zero-order chi connectivity index (χ0) is 22.7. The average Bonchev–Trinajstić information content (AvgIpc) is 2.83. The van der Waals surface area contributed by atoms with E-state index in [1.807, 2.05) is 24.3 Å². The fourth-order valence-corrected chi connectivity index (χ4v) is 3.83. The molecule has 2 heterocycles. The number of pyridine rings is 2. The van der Waals surface area contributed by atoms with Gasteiger partial charge in [0, 0.05) is 23.5 Å². The van der Waals surface area contributed by atoms with E-state index in [1.54, 1.807) is 63.0 Å². The molecule has 160 valence electrons. The molecular formula is C25H18Cl2N2O3. The molecule has 0 spiro atoms. The Morgan fingerprint density at radius 1 is 0.656 bits per heavy atom. The zero-order valence-corrected chi connectivity index (χ0v) is 18.8. The summed E-state index contributed by atoms with van der Waals surface area (Å²) in [6.45, 7) is 0. The minimum absolute atomic E-state index is 0.254. The standard InChI is InChI=1S/C25H18Cl2N2O3/c1-31-17-7-3-15(4-8-17)23-21(19(26)11-13-28-23)25(30)22-20(27)12-14-29-24(22)16-5-9-18(32-2)10-6-16/h3-14H,1-2H3. The van der Waals surface area contributed by atoms with E-state index in [9.17, 15) is 4.79 Å². The van der Waals surface area contributed by atoms with Crippen molar-refractivity contribution in [2.24, 2.45) is 0 Å². The first kappa shape index (κ1) is 21.8. The van der Waals surface area contributed by atoms with Gasteiger partial charge in [-0.05, 0) is 60.7 Å². The van der Waals surface area contributed by atoms with Crippen molar-refractivity contribution in [2.45, 2.75) is 0 Å². The van der Waals surface area contributed by atoms with Crippen molar-refractivity contribution in [1.82, 2.24) is 9.97 Å². The van der Waals surface area contributed by atoms with E-state index in [0.717, 1.165) is 11.1 Å². The number of ether oxygens (including phenoxy) is 2. The van der Waals surface area contributed by atoms with Crippen molar-refractivity contribution in [1.29, 1.82) is 0 Å². The molecule has 0 amide bonds. The largest absolute Gasteiger partial charge is 0.497 e. The summed E-state index contributed by atoms with van der Waals surface area (Å²) < 4.78 is 10.4. The topological polar surface area (TPSA) is 61.3 Å². The zero-order valence-electron chi connectivity index (χ0n) is 17.3. The first-order chi connectivity index (χ1) is 15.5. The molecule has 5 nitrogen and oxygen atoms in total. The first-order valence-electron chi connectivity index (χ1n) is 9.66. The Labute approximate surface area is 195 Å². The van der Waals surface area contributed by atoms with Crippen LogP contribution in [0.3, 0.4) is 0 Å². The summed E-state index contributed by atoms with van der Waals surface area (Å²) in [7, 11) is 3.18. The van der Waals surface area contributed by atoms with Gasteiger partial charge in [0.15, 0.2) is 5.78 Å². The summed E-state index contributed by atoms with van der Waals surface area (Å²) in [6, 6.07) is 17.6. The number of carbonyl (C=O) groups is 1. The van der Waals surface area contributed by atoms with E-state index in [0.29, 0.717) is 22.9 Å². The number of methoxy groups -OCH3 is 2. The molecular weight excluding hydrogens is 447 g/mol. The van der Waals surface area contributed by atoms with Gasteiger partial charge in [-0.2, -0.15) is 0 Å². The lowest BCUT2D eigenvalue weighted by Crippen LogP contribution is -2.09. The molecule has 0 radical (unpaired) electrons. The Bertz CT molecular complexity index is 1170. The van der Waals surface area contributed by atoms with Crippen LogP contribution in [0.2, 0.25) is 10.0 Å². The van der Waals surface area contributed by atoms with Gasteiger partial charge in [0.2, 0.25) is 0 Å². The maximum absolute atomic E-state index is 13.8. The van der Waals surface area contributed by atoms with Gasteiger partial charge >= 0.3 is 0 Å². The van der Waals surface area contributed by atoms with Gasteiger partial charge in [0.1, 0.15) is 11.5 Å². The van der Waals surface area contributed by atoms with Gasteiger partial charge in [0.05, 0.1) is 46.8 Å². The summed E-state index contributed by atoms with van der Waals surface area (Å²) in [5, 5.41) is 0.549. The molecule has 2 aromatic carbocycles. The third-order valence-corrected chi connectivity index (χ3v) is 5.61. The van der Waals surface area contributed by atoms with Crippen LogP contribution < -0.4 is 9.47 Å². The van der Waals surface area contributed by atoms with Crippen molar-refractivity contribution < 1.29 is 14.3 Å². The number of hydrogen-bond acceptors (Lipinski definition) is 5. The Morgan fingerprint density at radius 3 is 1.38 bits per heavy atom. The Kier molecular flexibility index (Phi) is 6.40. The maximum Gasteiger partial charge on any atom is 0.200 e. The molecule has 0 saturated heterocycles. The first-order valence-corrected chi connectivity index (χ1v) is 10.4. The van der Waals surface area contributed by atoms with E-state index in [-0.39, 0.29) is 27.0 Å². The molecule has 0 aliphatic rings.